The first-order chi connectivity index (χ1) is 12.3. The summed E-state index contributed by atoms with van der Waals surface area (Å²) in [6, 6.07) is 11.3. The van der Waals surface area contributed by atoms with E-state index in [2.05, 4.69) is 40.7 Å². The highest BCUT2D eigenvalue weighted by Gasteiger charge is 2.20. The molecule has 7 heteroatoms. The fraction of sp³-hybridized carbons (Fsp3) is 0.368. The Morgan fingerprint density at radius 3 is 2.35 bits per heavy atom. The molecule has 0 radical (unpaired) electrons. The number of pyridine rings is 1. The van der Waals surface area contributed by atoms with Gasteiger partial charge in [-0.25, -0.2) is 18.1 Å². The standard InChI is InChI=1S/C17H20N4O2S.C2H6/c1-17(2,3)13-8-6-12(7-9-13)11-19-24(22,23)16-14-5-4-10-18-15(14)20-21-16;1-2/h4-10,19H,11H2,1-3H3,(H,18,20,21);1-2H3. The average Bonchev–Trinajstić information content (AvgIpc) is 3.06. The van der Waals surface area contributed by atoms with E-state index in [-0.39, 0.29) is 17.0 Å². The number of nitrogens with zero attached hydrogens (tertiary/aromatic N) is 2. The summed E-state index contributed by atoms with van der Waals surface area (Å²) in [7, 11) is -3.69. The Bertz CT molecular complexity index is 955. The Labute approximate surface area is 155 Å². The molecule has 2 N–H and O–H groups in total. The van der Waals surface area contributed by atoms with Crippen molar-refractivity contribution in [1.29, 1.82) is 0 Å². The molecule has 0 atom stereocenters. The summed E-state index contributed by atoms with van der Waals surface area (Å²) < 4.78 is 27.6. The molecule has 0 amide bonds. The molecule has 0 fully saturated rings. The highest BCUT2D eigenvalue weighted by Crippen LogP contribution is 2.22. The van der Waals surface area contributed by atoms with Gasteiger partial charge in [-0.2, -0.15) is 5.10 Å². The van der Waals surface area contributed by atoms with Crippen molar-refractivity contribution in [3.8, 4) is 0 Å². The van der Waals surface area contributed by atoms with Crippen molar-refractivity contribution < 1.29 is 8.42 Å². The van der Waals surface area contributed by atoms with Gasteiger partial charge in [0.2, 0.25) is 0 Å². The number of fused-ring (bicyclic) bond motifs is 1. The highest BCUT2D eigenvalue weighted by molar-refractivity contribution is 7.89. The number of sulfonamides is 1. The summed E-state index contributed by atoms with van der Waals surface area (Å²) in [6.07, 6.45) is 1.57. The van der Waals surface area contributed by atoms with Crippen LogP contribution in [-0.2, 0) is 22.0 Å². The Morgan fingerprint density at radius 2 is 1.73 bits per heavy atom. The van der Waals surface area contributed by atoms with E-state index in [9.17, 15) is 8.42 Å². The van der Waals surface area contributed by atoms with Crippen LogP contribution >= 0.6 is 0 Å². The third kappa shape index (κ3) is 4.47. The van der Waals surface area contributed by atoms with Crippen LogP contribution in [0.5, 0.6) is 0 Å². The fourth-order valence-corrected chi connectivity index (χ4v) is 3.52. The zero-order chi connectivity index (χ0) is 19.4. The smallest absolute Gasteiger partial charge is 0.258 e. The van der Waals surface area contributed by atoms with Crippen molar-refractivity contribution >= 4 is 21.1 Å². The lowest BCUT2D eigenvalue weighted by Crippen LogP contribution is -2.24. The van der Waals surface area contributed by atoms with Crippen LogP contribution in [0.4, 0.5) is 0 Å². The van der Waals surface area contributed by atoms with Gasteiger partial charge in [-0.1, -0.05) is 58.9 Å². The van der Waals surface area contributed by atoms with Gasteiger partial charge in [0.25, 0.3) is 10.0 Å². The van der Waals surface area contributed by atoms with E-state index >= 15 is 0 Å². The van der Waals surface area contributed by atoms with E-state index in [1.807, 2.05) is 38.1 Å². The molecule has 0 spiro atoms. The van der Waals surface area contributed by atoms with E-state index in [1.54, 1.807) is 18.3 Å². The number of hydrogen-bond donors (Lipinski definition) is 2. The van der Waals surface area contributed by atoms with Gasteiger partial charge in [-0.15, -0.1) is 0 Å². The van der Waals surface area contributed by atoms with Crippen LogP contribution < -0.4 is 4.72 Å². The summed E-state index contributed by atoms with van der Waals surface area (Å²) in [6.45, 7) is 10.6. The summed E-state index contributed by atoms with van der Waals surface area (Å²) in [5, 5.41) is 7.00. The molecule has 2 heterocycles. The van der Waals surface area contributed by atoms with Crippen molar-refractivity contribution in [3.63, 3.8) is 0 Å². The fourth-order valence-electron chi connectivity index (χ4n) is 2.41. The molecule has 6 nitrogen and oxygen atoms in total. The summed E-state index contributed by atoms with van der Waals surface area (Å²) in [5.41, 5.74) is 2.56. The van der Waals surface area contributed by atoms with Gasteiger partial charge in [0.05, 0.1) is 5.39 Å². The lowest BCUT2D eigenvalue weighted by molar-refractivity contribution is 0.577. The minimum Gasteiger partial charge on any atom is -0.263 e. The Morgan fingerprint density at radius 1 is 1.08 bits per heavy atom. The third-order valence-electron chi connectivity index (χ3n) is 3.85. The predicted octanol–water partition coefficient (Wildman–Crippen LogP) is 3.76. The number of hydrogen-bond acceptors (Lipinski definition) is 4. The van der Waals surface area contributed by atoms with Gasteiger partial charge in [0.1, 0.15) is 0 Å². The second-order valence-corrected chi connectivity index (χ2v) is 8.40. The van der Waals surface area contributed by atoms with Gasteiger partial charge < -0.3 is 0 Å². The van der Waals surface area contributed by atoms with Gasteiger partial charge in [-0.05, 0) is 28.7 Å². The number of benzene rings is 1. The number of H-pyrrole nitrogens is 1. The second-order valence-electron chi connectivity index (χ2n) is 6.70. The van der Waals surface area contributed by atoms with E-state index in [0.717, 1.165) is 5.56 Å². The summed E-state index contributed by atoms with van der Waals surface area (Å²) in [5.74, 6) is 0. The highest BCUT2D eigenvalue weighted by atomic mass is 32.2. The number of aromatic amines is 1. The number of nitrogens with one attached hydrogen (secondary N) is 2. The molecule has 1 aromatic carbocycles. The van der Waals surface area contributed by atoms with Crippen LogP contribution in [-0.4, -0.2) is 23.6 Å². The molecule has 0 unspecified atom stereocenters. The Hall–Kier alpha value is -2.25. The summed E-state index contributed by atoms with van der Waals surface area (Å²) in [4.78, 5) is 4.03. The maximum absolute atomic E-state index is 12.5. The number of aromatic nitrogens is 3. The molecule has 0 saturated heterocycles. The van der Waals surface area contributed by atoms with Crippen molar-refractivity contribution in [1.82, 2.24) is 19.9 Å². The molecule has 0 aliphatic heterocycles. The van der Waals surface area contributed by atoms with Gasteiger partial charge in [-0.3, -0.25) is 5.10 Å². The quantitative estimate of drug-likeness (QED) is 0.728. The normalized spacial score (nSPS) is 11.9. The number of rotatable bonds is 4. The summed E-state index contributed by atoms with van der Waals surface area (Å²) >= 11 is 0. The molecule has 3 rings (SSSR count). The van der Waals surface area contributed by atoms with Crippen molar-refractivity contribution in [2.75, 3.05) is 0 Å². The zero-order valence-corrected chi connectivity index (χ0v) is 16.7. The first kappa shape index (κ1) is 20.1. The third-order valence-corrected chi connectivity index (χ3v) is 5.22. The molecule has 3 aromatic rings. The average molecular weight is 375 g/mol. The van der Waals surface area contributed by atoms with Crippen LogP contribution in [0.2, 0.25) is 0 Å². The molecular weight excluding hydrogens is 348 g/mol. The first-order valence-electron chi connectivity index (χ1n) is 8.65. The minimum atomic E-state index is -3.69. The van der Waals surface area contributed by atoms with E-state index in [1.165, 1.54) is 5.56 Å². The monoisotopic (exact) mass is 374 g/mol. The van der Waals surface area contributed by atoms with Gasteiger partial charge in [0, 0.05) is 12.7 Å². The Balaban J connectivity index is 0.00000117. The maximum Gasteiger partial charge on any atom is 0.258 e. The van der Waals surface area contributed by atoms with Crippen LogP contribution in [0.25, 0.3) is 11.0 Å². The molecule has 2 aromatic heterocycles. The SMILES string of the molecule is CC.CC(C)(C)c1ccc(CNS(=O)(=O)c2[nH]nc3ncccc23)cc1. The van der Waals surface area contributed by atoms with Crippen molar-refractivity contribution in [3.05, 3.63) is 53.7 Å². The van der Waals surface area contributed by atoms with Crippen molar-refractivity contribution in [2.24, 2.45) is 0 Å². The lowest BCUT2D eigenvalue weighted by Gasteiger charge is -2.19. The minimum absolute atomic E-state index is 0.0388. The van der Waals surface area contributed by atoms with Crippen LogP contribution in [0.15, 0.2) is 47.6 Å². The van der Waals surface area contributed by atoms with Gasteiger partial charge >= 0.3 is 0 Å². The molecule has 0 aliphatic carbocycles. The van der Waals surface area contributed by atoms with E-state index in [4.69, 9.17) is 0 Å². The predicted molar refractivity (Wildman–Crippen MR) is 104 cm³/mol. The Kier molecular flexibility index (Phi) is 6.15. The maximum atomic E-state index is 12.5. The zero-order valence-electron chi connectivity index (χ0n) is 15.9. The molecule has 0 aliphatic rings. The largest absolute Gasteiger partial charge is 0.263 e. The van der Waals surface area contributed by atoms with Crippen LogP contribution in [0.3, 0.4) is 0 Å². The van der Waals surface area contributed by atoms with Crippen molar-refractivity contribution in [2.45, 2.75) is 51.6 Å². The molecule has 0 bridgehead atoms. The lowest BCUT2D eigenvalue weighted by atomic mass is 9.87. The van der Waals surface area contributed by atoms with E-state index < -0.39 is 10.0 Å². The molecule has 140 valence electrons. The van der Waals surface area contributed by atoms with Gasteiger partial charge in [0.15, 0.2) is 10.7 Å². The van der Waals surface area contributed by atoms with Crippen LogP contribution in [0.1, 0.15) is 45.7 Å². The molecule has 26 heavy (non-hydrogen) atoms. The second kappa shape index (κ2) is 7.97. The first-order valence-corrected chi connectivity index (χ1v) is 10.1. The topological polar surface area (TPSA) is 87.7 Å². The molecule has 0 saturated carbocycles. The van der Waals surface area contributed by atoms with E-state index in [0.29, 0.717) is 11.0 Å². The molecular formula is C19H26N4O2S. The van der Waals surface area contributed by atoms with Crippen LogP contribution in [0, 0.1) is 0 Å².